The van der Waals surface area contributed by atoms with Gasteiger partial charge in [0.15, 0.2) is 15.9 Å². The number of hydrogen-bond acceptors (Lipinski definition) is 10. The molecule has 0 aliphatic carbocycles. The maximum absolute atomic E-state index is 12.8. The molecule has 0 saturated heterocycles. The van der Waals surface area contributed by atoms with E-state index in [1.54, 1.807) is 0 Å². The van der Waals surface area contributed by atoms with Gasteiger partial charge in [0.05, 0.1) is 42.2 Å². The Morgan fingerprint density at radius 1 is 0.722 bits per heavy atom. The van der Waals surface area contributed by atoms with E-state index >= 15 is 0 Å². The fourth-order valence-corrected chi connectivity index (χ4v) is 4.07. The van der Waals surface area contributed by atoms with Gasteiger partial charge in [0, 0.05) is 35.4 Å². The minimum atomic E-state index is -1.05. The first-order valence-corrected chi connectivity index (χ1v) is 9.92. The van der Waals surface area contributed by atoms with Crippen molar-refractivity contribution in [2.75, 3.05) is 0 Å². The Morgan fingerprint density at radius 2 is 1.11 bits per heavy atom. The van der Waals surface area contributed by atoms with Gasteiger partial charge in [-0.15, -0.1) is 0 Å². The normalized spacial score (nSPS) is 12.3. The summed E-state index contributed by atoms with van der Waals surface area (Å²) in [4.78, 5) is 60.3. The number of H-pyrrole nitrogens is 1. The molecule has 0 saturated carbocycles. The zero-order chi connectivity index (χ0) is 26.6. The van der Waals surface area contributed by atoms with Crippen LogP contribution >= 0.6 is 23.2 Å². The zero-order valence-electron chi connectivity index (χ0n) is 16.9. The van der Waals surface area contributed by atoms with Crippen LogP contribution in [-0.4, -0.2) is 41.4 Å². The first-order valence-electron chi connectivity index (χ1n) is 9.17. The smallest absolute Gasteiger partial charge is 0.295 e. The zero-order valence-corrected chi connectivity index (χ0v) is 18.4. The van der Waals surface area contributed by atoms with Gasteiger partial charge >= 0.3 is 0 Å². The van der Waals surface area contributed by atoms with Crippen LogP contribution in [0, 0.1) is 40.5 Å². The molecule has 36 heavy (non-hydrogen) atoms. The van der Waals surface area contributed by atoms with E-state index < -0.39 is 75.6 Å². The largest absolute Gasteiger partial charge is 0.494 e. The first kappa shape index (κ1) is 24.2. The molecule has 18 heteroatoms. The molecule has 1 amide bonds. The molecule has 16 nitrogen and oxygen atoms in total. The number of aromatic amines is 1. The molecule has 1 aliphatic heterocycles. The lowest BCUT2D eigenvalue weighted by Crippen LogP contribution is -2.04. The standard InChI is InChI=1S/C18H6Cl2N6O10/c19-13-7(23(29)30)1-5(2-8(13)24(31)32)15-11-12(18(28)21-15)16(22-17(11)27)6-3-9(25(33)34)14(20)10(4-6)26(35)36/h1-4,21,28H. The first-order chi connectivity index (χ1) is 16.8. The van der Waals surface area contributed by atoms with Gasteiger partial charge in [-0.1, -0.05) is 23.2 Å². The van der Waals surface area contributed by atoms with E-state index in [9.17, 15) is 50.4 Å². The molecule has 1 aliphatic rings. The summed E-state index contributed by atoms with van der Waals surface area (Å²) in [7, 11) is 0. The number of carbonyl (C=O) groups excluding carboxylic acids is 1. The van der Waals surface area contributed by atoms with Gasteiger partial charge in [-0.2, -0.15) is 0 Å². The highest BCUT2D eigenvalue weighted by Gasteiger charge is 2.37. The van der Waals surface area contributed by atoms with Gasteiger partial charge in [-0.25, -0.2) is 4.99 Å². The number of nitrogens with one attached hydrogen (secondary N) is 1. The Bertz CT molecular complexity index is 1540. The number of aromatic hydroxyl groups is 1. The van der Waals surface area contributed by atoms with Crippen LogP contribution < -0.4 is 0 Å². The summed E-state index contributed by atoms with van der Waals surface area (Å²) in [6.07, 6.45) is 0. The van der Waals surface area contributed by atoms with Gasteiger partial charge in [0.2, 0.25) is 0 Å². The number of fused-ring (bicyclic) bond motifs is 1. The SMILES string of the molecule is O=C1N=C(c2cc([N+](=O)[O-])c(Cl)c([N+](=O)[O-])c2)c2c(O)[nH]c(-c3cc([N+](=O)[O-])c(Cl)c([N+](=O)[O-])c3)c21. The number of rotatable bonds is 6. The Balaban J connectivity index is 1.97. The van der Waals surface area contributed by atoms with Crippen molar-refractivity contribution in [2.45, 2.75) is 0 Å². The van der Waals surface area contributed by atoms with Crippen LogP contribution in [0.1, 0.15) is 21.5 Å². The number of nitrogens with zero attached hydrogens (tertiary/aromatic N) is 5. The fraction of sp³-hybridized carbons (Fsp3) is 0. The lowest BCUT2D eigenvalue weighted by molar-refractivity contribution is -0.394. The predicted octanol–water partition coefficient (Wildman–Crippen LogP) is 4.32. The molecular weight excluding hydrogens is 531 g/mol. The Hall–Kier alpha value is -4.96. The second kappa shape index (κ2) is 8.36. The van der Waals surface area contributed by atoms with Crippen molar-refractivity contribution in [2.24, 2.45) is 4.99 Å². The summed E-state index contributed by atoms with van der Waals surface area (Å²) >= 11 is 11.5. The quantitative estimate of drug-likeness (QED) is 0.333. The van der Waals surface area contributed by atoms with Gasteiger partial charge in [-0.3, -0.25) is 45.3 Å². The van der Waals surface area contributed by atoms with E-state index in [1.165, 1.54) is 0 Å². The lowest BCUT2D eigenvalue weighted by Gasteiger charge is -2.04. The Kier molecular flexibility index (Phi) is 5.62. The number of aliphatic imine (C=N–C) groups is 1. The average molecular weight is 537 g/mol. The molecular formula is C18H6Cl2N6O10. The van der Waals surface area contributed by atoms with E-state index in [0.29, 0.717) is 0 Å². The molecule has 2 aromatic carbocycles. The highest BCUT2D eigenvalue weighted by molar-refractivity contribution is 6.36. The van der Waals surface area contributed by atoms with Crippen molar-refractivity contribution in [3.8, 4) is 17.1 Å². The van der Waals surface area contributed by atoms with E-state index in [1.807, 2.05) is 0 Å². The Morgan fingerprint density at radius 3 is 1.50 bits per heavy atom. The van der Waals surface area contributed by atoms with Crippen molar-refractivity contribution in [3.05, 3.63) is 91.5 Å². The maximum Gasteiger partial charge on any atom is 0.295 e. The third-order valence-electron chi connectivity index (χ3n) is 5.06. The van der Waals surface area contributed by atoms with Crippen molar-refractivity contribution in [3.63, 3.8) is 0 Å². The number of aromatic nitrogens is 1. The van der Waals surface area contributed by atoms with Crippen LogP contribution in [0.2, 0.25) is 10.0 Å². The molecule has 2 heterocycles. The topological polar surface area (TPSA) is 238 Å². The van der Waals surface area contributed by atoms with Crippen LogP contribution in [-0.2, 0) is 0 Å². The minimum Gasteiger partial charge on any atom is -0.494 e. The molecule has 0 bridgehead atoms. The summed E-state index contributed by atoms with van der Waals surface area (Å²) in [5.41, 5.74) is -5.53. The van der Waals surface area contributed by atoms with Crippen molar-refractivity contribution in [1.29, 1.82) is 0 Å². The highest BCUT2D eigenvalue weighted by Crippen LogP contribution is 2.44. The number of carbonyl (C=O) groups is 1. The highest BCUT2D eigenvalue weighted by atomic mass is 35.5. The van der Waals surface area contributed by atoms with E-state index in [2.05, 4.69) is 9.98 Å². The Labute approximate surface area is 206 Å². The van der Waals surface area contributed by atoms with E-state index in [-0.39, 0.29) is 22.4 Å². The average Bonchev–Trinajstić information content (AvgIpc) is 3.31. The summed E-state index contributed by atoms with van der Waals surface area (Å²) in [5.74, 6) is -1.79. The minimum absolute atomic E-state index is 0.285. The molecule has 0 radical (unpaired) electrons. The maximum atomic E-state index is 12.8. The monoisotopic (exact) mass is 536 g/mol. The number of benzene rings is 2. The summed E-state index contributed by atoms with van der Waals surface area (Å²) in [5, 5.41) is 54.4. The number of nitro benzene ring substituents is 4. The molecule has 3 aromatic rings. The second-order valence-electron chi connectivity index (χ2n) is 7.05. The molecule has 182 valence electrons. The molecule has 0 fully saturated rings. The molecule has 1 aromatic heterocycles. The summed E-state index contributed by atoms with van der Waals surface area (Å²) in [6.45, 7) is 0. The van der Waals surface area contributed by atoms with Gasteiger partial charge in [0.1, 0.15) is 0 Å². The van der Waals surface area contributed by atoms with Gasteiger partial charge < -0.3 is 10.1 Å². The van der Waals surface area contributed by atoms with Crippen LogP contribution in [0.3, 0.4) is 0 Å². The van der Waals surface area contributed by atoms with Gasteiger partial charge in [0.25, 0.3) is 28.7 Å². The lowest BCUT2D eigenvalue weighted by atomic mass is 9.99. The summed E-state index contributed by atoms with van der Waals surface area (Å²) < 4.78 is 0. The van der Waals surface area contributed by atoms with Crippen LogP contribution in [0.15, 0.2) is 29.3 Å². The second-order valence-corrected chi connectivity index (χ2v) is 7.81. The molecule has 4 rings (SSSR count). The van der Waals surface area contributed by atoms with Crippen molar-refractivity contribution < 1.29 is 29.6 Å². The number of hydrogen-bond donors (Lipinski definition) is 2. The molecule has 0 unspecified atom stereocenters. The number of nitro groups is 4. The van der Waals surface area contributed by atoms with Crippen LogP contribution in [0.5, 0.6) is 5.88 Å². The molecule has 2 N–H and O–H groups in total. The summed E-state index contributed by atoms with van der Waals surface area (Å²) in [6, 6.07) is 3.26. The molecule has 0 atom stereocenters. The van der Waals surface area contributed by atoms with Gasteiger partial charge in [-0.05, 0) is 0 Å². The number of halogens is 2. The van der Waals surface area contributed by atoms with E-state index in [4.69, 9.17) is 23.2 Å². The third-order valence-corrected chi connectivity index (χ3v) is 5.84. The number of amides is 1. The van der Waals surface area contributed by atoms with E-state index in [0.717, 1.165) is 24.3 Å². The van der Waals surface area contributed by atoms with Crippen LogP contribution in [0.25, 0.3) is 11.3 Å². The van der Waals surface area contributed by atoms with Crippen LogP contribution in [0.4, 0.5) is 22.7 Å². The van der Waals surface area contributed by atoms with Crippen molar-refractivity contribution in [1.82, 2.24) is 4.98 Å². The fourth-order valence-electron chi connectivity index (χ4n) is 3.57. The third kappa shape index (κ3) is 3.65. The predicted molar refractivity (Wildman–Crippen MR) is 121 cm³/mol. The van der Waals surface area contributed by atoms with Crippen molar-refractivity contribution >= 4 is 57.6 Å². The molecule has 0 spiro atoms.